The van der Waals surface area contributed by atoms with Crippen molar-refractivity contribution in [1.82, 2.24) is 5.32 Å². The number of amides is 1. The molecule has 0 aliphatic carbocycles. The third-order valence-electron chi connectivity index (χ3n) is 3.34. The van der Waals surface area contributed by atoms with E-state index in [9.17, 15) is 14.9 Å². The number of rotatable bonds is 6. The van der Waals surface area contributed by atoms with Crippen LogP contribution in [-0.4, -0.2) is 34.9 Å². The van der Waals surface area contributed by atoms with Gasteiger partial charge in [-0.3, -0.25) is 14.9 Å². The molecule has 2 rings (SSSR count). The molecule has 1 aliphatic rings. The number of thioether (sulfide) groups is 1. The molecule has 1 aliphatic heterocycles. The summed E-state index contributed by atoms with van der Waals surface area (Å²) in [6.07, 6.45) is 2.26. The van der Waals surface area contributed by atoms with Crippen LogP contribution in [0.5, 0.6) is 0 Å². The first-order chi connectivity index (χ1) is 10.1. The number of hydrogen-bond acceptors (Lipinski definition) is 5. The number of nitrogens with one attached hydrogen (secondary N) is 2. The molecule has 0 radical (unpaired) electrons. The molecule has 1 unspecified atom stereocenters. The molecular formula is C14H19N3O3S. The largest absolute Gasteiger partial charge is 0.380 e. The Morgan fingerprint density at radius 3 is 2.95 bits per heavy atom. The van der Waals surface area contributed by atoms with E-state index in [4.69, 9.17) is 0 Å². The number of para-hydroxylation sites is 1. The Labute approximate surface area is 127 Å². The van der Waals surface area contributed by atoms with Crippen molar-refractivity contribution in [1.29, 1.82) is 0 Å². The van der Waals surface area contributed by atoms with Gasteiger partial charge in [-0.05, 0) is 37.7 Å². The van der Waals surface area contributed by atoms with E-state index in [-0.39, 0.29) is 17.2 Å². The number of nitro benzene ring substituents is 1. The van der Waals surface area contributed by atoms with Crippen LogP contribution in [0.25, 0.3) is 0 Å². The number of hydrogen-bond donors (Lipinski definition) is 2. The third kappa shape index (κ3) is 3.87. The zero-order valence-electron chi connectivity index (χ0n) is 11.9. The van der Waals surface area contributed by atoms with Gasteiger partial charge in [-0.15, -0.1) is 0 Å². The highest BCUT2D eigenvalue weighted by atomic mass is 32.2. The summed E-state index contributed by atoms with van der Waals surface area (Å²) in [6.45, 7) is 2.98. The highest BCUT2D eigenvalue weighted by Crippen LogP contribution is 2.29. The van der Waals surface area contributed by atoms with Gasteiger partial charge in [0.2, 0.25) is 0 Å². The van der Waals surface area contributed by atoms with E-state index in [0.29, 0.717) is 24.0 Å². The van der Waals surface area contributed by atoms with E-state index in [1.165, 1.54) is 12.5 Å². The van der Waals surface area contributed by atoms with Gasteiger partial charge >= 0.3 is 5.69 Å². The van der Waals surface area contributed by atoms with Crippen molar-refractivity contribution < 1.29 is 9.72 Å². The first-order valence-corrected chi connectivity index (χ1v) is 8.09. The molecule has 2 N–H and O–H groups in total. The van der Waals surface area contributed by atoms with Gasteiger partial charge in [0.05, 0.1) is 4.92 Å². The quantitative estimate of drug-likeness (QED) is 0.623. The second kappa shape index (κ2) is 7.31. The fourth-order valence-corrected chi connectivity index (χ4v) is 3.56. The summed E-state index contributed by atoms with van der Waals surface area (Å²) < 4.78 is 0. The van der Waals surface area contributed by atoms with Gasteiger partial charge in [0.1, 0.15) is 11.3 Å². The summed E-state index contributed by atoms with van der Waals surface area (Å²) >= 11 is 1.84. The molecule has 1 heterocycles. The monoisotopic (exact) mass is 309 g/mol. The molecule has 1 fully saturated rings. The van der Waals surface area contributed by atoms with E-state index in [1.54, 1.807) is 12.1 Å². The minimum Gasteiger partial charge on any atom is -0.380 e. The number of benzene rings is 1. The Hall–Kier alpha value is -1.76. The minimum atomic E-state index is -0.503. The first-order valence-electron chi connectivity index (χ1n) is 7.04. The minimum absolute atomic E-state index is 0.112. The molecule has 7 heteroatoms. The molecule has 0 bridgehead atoms. The van der Waals surface area contributed by atoms with Crippen LogP contribution in [0.2, 0.25) is 0 Å². The van der Waals surface area contributed by atoms with E-state index in [2.05, 4.69) is 10.6 Å². The Kier molecular flexibility index (Phi) is 5.44. The van der Waals surface area contributed by atoms with Gasteiger partial charge in [-0.2, -0.15) is 11.8 Å². The predicted octanol–water partition coefficient (Wildman–Crippen LogP) is 2.65. The van der Waals surface area contributed by atoms with Crippen LogP contribution < -0.4 is 10.6 Å². The Balaban J connectivity index is 2.15. The molecule has 1 amide bonds. The van der Waals surface area contributed by atoms with E-state index < -0.39 is 4.92 Å². The summed E-state index contributed by atoms with van der Waals surface area (Å²) in [6, 6.07) is 4.77. The van der Waals surface area contributed by atoms with Gasteiger partial charge in [0.15, 0.2) is 0 Å². The van der Waals surface area contributed by atoms with Crippen LogP contribution in [0.3, 0.4) is 0 Å². The zero-order valence-corrected chi connectivity index (χ0v) is 12.7. The second-order valence-corrected chi connectivity index (χ2v) is 6.24. The molecule has 114 valence electrons. The summed E-state index contributed by atoms with van der Waals surface area (Å²) in [5, 5.41) is 17.4. The van der Waals surface area contributed by atoms with Crippen LogP contribution in [0, 0.1) is 10.1 Å². The topological polar surface area (TPSA) is 84.3 Å². The molecule has 0 saturated carbocycles. The molecule has 0 spiro atoms. The standard InChI is InChI=1S/C14H19N3O3S/c1-2-15-12-7-3-6-11(13(12)17(19)20)14(18)16-9-10-5-4-8-21-10/h3,6-7,10,15H,2,4-5,8-9H2,1H3,(H,16,18). The second-order valence-electron chi connectivity index (χ2n) is 4.83. The average Bonchev–Trinajstić information content (AvgIpc) is 2.98. The van der Waals surface area contributed by atoms with Crippen molar-refractivity contribution in [3.63, 3.8) is 0 Å². The van der Waals surface area contributed by atoms with Crippen LogP contribution in [0.4, 0.5) is 11.4 Å². The van der Waals surface area contributed by atoms with Gasteiger partial charge < -0.3 is 10.6 Å². The molecule has 1 saturated heterocycles. The van der Waals surface area contributed by atoms with E-state index in [0.717, 1.165) is 12.2 Å². The number of carbonyl (C=O) groups excluding carboxylic acids is 1. The van der Waals surface area contributed by atoms with Crippen LogP contribution in [0.1, 0.15) is 30.1 Å². The average molecular weight is 309 g/mol. The molecule has 1 aromatic rings. The fourth-order valence-electron chi connectivity index (χ4n) is 2.36. The maximum atomic E-state index is 12.2. The Morgan fingerprint density at radius 2 is 2.33 bits per heavy atom. The highest BCUT2D eigenvalue weighted by Gasteiger charge is 2.25. The third-order valence-corrected chi connectivity index (χ3v) is 4.74. The Morgan fingerprint density at radius 1 is 1.52 bits per heavy atom. The highest BCUT2D eigenvalue weighted by molar-refractivity contribution is 8.00. The SMILES string of the molecule is CCNc1cccc(C(=O)NCC2CCCS2)c1[N+](=O)[O-]. The molecule has 1 aromatic carbocycles. The van der Waals surface area contributed by atoms with Crippen LogP contribution in [-0.2, 0) is 0 Å². The van der Waals surface area contributed by atoms with Gasteiger partial charge in [-0.1, -0.05) is 6.07 Å². The van der Waals surface area contributed by atoms with Crippen molar-refractivity contribution in [3.8, 4) is 0 Å². The number of anilines is 1. The molecule has 21 heavy (non-hydrogen) atoms. The van der Waals surface area contributed by atoms with Crippen molar-refractivity contribution >= 4 is 29.0 Å². The van der Waals surface area contributed by atoms with Gasteiger partial charge in [-0.25, -0.2) is 0 Å². The lowest BCUT2D eigenvalue weighted by atomic mass is 10.1. The molecule has 6 nitrogen and oxygen atoms in total. The molecular weight excluding hydrogens is 290 g/mol. The first kappa shape index (κ1) is 15.6. The smallest absolute Gasteiger partial charge is 0.305 e. The number of nitrogens with zero attached hydrogens (tertiary/aromatic N) is 1. The predicted molar refractivity (Wildman–Crippen MR) is 85.1 cm³/mol. The summed E-state index contributed by atoms with van der Waals surface area (Å²) in [7, 11) is 0. The zero-order chi connectivity index (χ0) is 15.2. The van der Waals surface area contributed by atoms with Crippen LogP contribution in [0.15, 0.2) is 18.2 Å². The summed E-state index contributed by atoms with van der Waals surface area (Å²) in [5.41, 5.74) is 0.336. The van der Waals surface area contributed by atoms with Crippen molar-refractivity contribution in [2.75, 3.05) is 24.2 Å². The van der Waals surface area contributed by atoms with Crippen molar-refractivity contribution in [2.24, 2.45) is 0 Å². The lowest BCUT2D eigenvalue weighted by molar-refractivity contribution is -0.384. The van der Waals surface area contributed by atoms with Crippen LogP contribution >= 0.6 is 11.8 Å². The van der Waals surface area contributed by atoms with E-state index in [1.807, 2.05) is 18.7 Å². The lowest BCUT2D eigenvalue weighted by Crippen LogP contribution is -2.30. The Bertz CT molecular complexity index is 530. The summed E-state index contributed by atoms with van der Waals surface area (Å²) in [4.78, 5) is 23.0. The van der Waals surface area contributed by atoms with Crippen molar-refractivity contribution in [3.05, 3.63) is 33.9 Å². The van der Waals surface area contributed by atoms with E-state index >= 15 is 0 Å². The van der Waals surface area contributed by atoms with Gasteiger partial charge in [0, 0.05) is 18.3 Å². The fraction of sp³-hybridized carbons (Fsp3) is 0.500. The maximum absolute atomic E-state index is 12.2. The lowest BCUT2D eigenvalue weighted by Gasteiger charge is -2.12. The van der Waals surface area contributed by atoms with Crippen molar-refractivity contribution in [2.45, 2.75) is 25.0 Å². The number of nitro groups is 1. The number of carbonyl (C=O) groups is 1. The summed E-state index contributed by atoms with van der Waals surface area (Å²) in [5.74, 6) is 0.741. The van der Waals surface area contributed by atoms with Gasteiger partial charge in [0.25, 0.3) is 5.91 Å². The maximum Gasteiger partial charge on any atom is 0.305 e. The normalized spacial score (nSPS) is 17.5. The molecule has 0 aromatic heterocycles. The molecule has 1 atom stereocenters.